The lowest BCUT2D eigenvalue weighted by Crippen LogP contribution is -2.55. The van der Waals surface area contributed by atoms with Crippen LogP contribution >= 0.6 is 11.6 Å². The highest BCUT2D eigenvalue weighted by Crippen LogP contribution is 2.28. The van der Waals surface area contributed by atoms with E-state index in [0.29, 0.717) is 11.7 Å². The molecule has 0 aromatic heterocycles. The largest absolute Gasteiger partial charge is 0.481 e. The van der Waals surface area contributed by atoms with Gasteiger partial charge in [0.25, 0.3) is 0 Å². The lowest BCUT2D eigenvalue weighted by molar-refractivity contribution is -0.145. The van der Waals surface area contributed by atoms with Crippen molar-refractivity contribution in [3.05, 3.63) is 23.4 Å². The number of hydrogen-bond donors (Lipinski definition) is 3. The Bertz CT molecular complexity index is 463. The van der Waals surface area contributed by atoms with Gasteiger partial charge in [-0.15, -0.1) is 0 Å². The van der Waals surface area contributed by atoms with Crippen molar-refractivity contribution in [1.29, 1.82) is 0 Å². The fourth-order valence-electron chi connectivity index (χ4n) is 2.40. The summed E-state index contributed by atoms with van der Waals surface area (Å²) in [6.45, 7) is 0.822. The molecule has 6 nitrogen and oxygen atoms in total. The summed E-state index contributed by atoms with van der Waals surface area (Å²) in [4.78, 5) is 24.2. The normalized spacial score (nSPS) is 30.3. The molecule has 0 aromatic rings. The summed E-state index contributed by atoms with van der Waals surface area (Å²) >= 11 is 6.03. The van der Waals surface area contributed by atoms with Gasteiger partial charge in [-0.05, 0) is 12.5 Å². The quantitative estimate of drug-likeness (QED) is 0.651. The first-order chi connectivity index (χ1) is 8.94. The van der Waals surface area contributed by atoms with Gasteiger partial charge in [-0.1, -0.05) is 23.8 Å². The van der Waals surface area contributed by atoms with Crippen molar-refractivity contribution >= 4 is 23.5 Å². The van der Waals surface area contributed by atoms with E-state index in [2.05, 4.69) is 5.32 Å². The highest BCUT2D eigenvalue weighted by Gasteiger charge is 2.48. The van der Waals surface area contributed by atoms with Crippen molar-refractivity contribution in [2.24, 2.45) is 5.92 Å². The highest BCUT2D eigenvalue weighted by molar-refractivity contribution is 6.29. The van der Waals surface area contributed by atoms with E-state index in [0.717, 1.165) is 0 Å². The molecule has 2 rings (SSSR count). The van der Waals surface area contributed by atoms with Gasteiger partial charge in [-0.2, -0.15) is 0 Å². The number of halogens is 1. The molecule has 19 heavy (non-hydrogen) atoms. The average molecular weight is 287 g/mol. The van der Waals surface area contributed by atoms with Crippen LogP contribution in [0.4, 0.5) is 0 Å². The van der Waals surface area contributed by atoms with Gasteiger partial charge in [0.1, 0.15) is 10.7 Å². The zero-order valence-electron chi connectivity index (χ0n) is 10.2. The molecule has 2 heterocycles. The predicted molar refractivity (Wildman–Crippen MR) is 68.8 cm³/mol. The monoisotopic (exact) mass is 286 g/mol. The predicted octanol–water partition coefficient (Wildman–Crippen LogP) is 0.456. The van der Waals surface area contributed by atoms with Crippen molar-refractivity contribution in [3.63, 3.8) is 0 Å². The second-order valence-corrected chi connectivity index (χ2v) is 5.19. The summed E-state index contributed by atoms with van der Waals surface area (Å²) in [6, 6.07) is 0. The SMILES string of the molecule is O=C(O)C1CN[C@@](CN2CC=CC=C2Cl)(C(=O)O)C1. The first-order valence-electron chi connectivity index (χ1n) is 5.93. The lowest BCUT2D eigenvalue weighted by atomic mass is 9.92. The van der Waals surface area contributed by atoms with Gasteiger partial charge in [0.05, 0.1) is 5.92 Å². The van der Waals surface area contributed by atoms with Crippen LogP contribution in [-0.2, 0) is 9.59 Å². The molecule has 7 heteroatoms. The Kier molecular flexibility index (Phi) is 3.82. The maximum absolute atomic E-state index is 11.5. The van der Waals surface area contributed by atoms with Crippen LogP contribution < -0.4 is 5.32 Å². The van der Waals surface area contributed by atoms with Crippen LogP contribution in [0.1, 0.15) is 6.42 Å². The molecule has 0 amide bonds. The van der Waals surface area contributed by atoms with Crippen molar-refractivity contribution in [1.82, 2.24) is 10.2 Å². The number of allylic oxidation sites excluding steroid dienone is 2. The molecule has 1 unspecified atom stereocenters. The molecular formula is C12H15ClN2O4. The smallest absolute Gasteiger partial charge is 0.325 e. The van der Waals surface area contributed by atoms with Crippen LogP contribution in [0, 0.1) is 5.92 Å². The number of carbonyl (C=O) groups is 2. The molecule has 0 aromatic carbocycles. The molecule has 0 radical (unpaired) electrons. The number of carboxylic acid groups (broad SMARTS) is 2. The van der Waals surface area contributed by atoms with Crippen molar-refractivity contribution in [2.45, 2.75) is 12.0 Å². The Morgan fingerprint density at radius 1 is 1.53 bits per heavy atom. The second-order valence-electron chi connectivity index (χ2n) is 4.81. The molecular weight excluding hydrogens is 272 g/mol. The van der Waals surface area contributed by atoms with E-state index in [4.69, 9.17) is 16.7 Å². The third kappa shape index (κ3) is 2.74. The topological polar surface area (TPSA) is 89.9 Å². The second kappa shape index (κ2) is 5.22. The van der Waals surface area contributed by atoms with Gasteiger partial charge < -0.3 is 15.1 Å². The maximum atomic E-state index is 11.5. The molecule has 2 aliphatic heterocycles. The number of carboxylic acids is 2. The van der Waals surface area contributed by atoms with Gasteiger partial charge in [-0.25, -0.2) is 0 Å². The molecule has 1 saturated heterocycles. The average Bonchev–Trinajstić information content (AvgIpc) is 2.78. The van der Waals surface area contributed by atoms with Crippen LogP contribution in [0.2, 0.25) is 0 Å². The van der Waals surface area contributed by atoms with E-state index in [1.165, 1.54) is 0 Å². The highest BCUT2D eigenvalue weighted by atomic mass is 35.5. The Labute approximate surface area is 115 Å². The molecule has 1 fully saturated rings. The van der Waals surface area contributed by atoms with Crippen LogP contribution in [0.3, 0.4) is 0 Å². The summed E-state index contributed by atoms with van der Waals surface area (Å²) in [5.74, 6) is -2.70. The standard InChI is InChI=1S/C12H15ClN2O4/c13-9-3-1-2-4-15(9)7-12(11(18)19)5-8(6-14-12)10(16)17/h1-3,8,14H,4-7H2,(H,16,17)(H,18,19)/t8?,12-/m0/s1. The zero-order valence-corrected chi connectivity index (χ0v) is 10.9. The minimum Gasteiger partial charge on any atom is -0.481 e. The molecule has 2 atom stereocenters. The van der Waals surface area contributed by atoms with Crippen molar-refractivity contribution < 1.29 is 19.8 Å². The van der Waals surface area contributed by atoms with Gasteiger partial charge in [0.2, 0.25) is 0 Å². The number of rotatable bonds is 4. The Hall–Kier alpha value is -1.53. The summed E-state index contributed by atoms with van der Waals surface area (Å²) in [5.41, 5.74) is -1.26. The number of nitrogens with zero attached hydrogens (tertiary/aromatic N) is 1. The number of hydrogen-bond acceptors (Lipinski definition) is 4. The first kappa shape index (κ1) is 13.9. The Morgan fingerprint density at radius 3 is 2.79 bits per heavy atom. The minimum atomic E-state index is -1.26. The van der Waals surface area contributed by atoms with E-state index in [9.17, 15) is 14.7 Å². The summed E-state index contributed by atoms with van der Waals surface area (Å²) < 4.78 is 0. The number of aliphatic carboxylic acids is 2. The fraction of sp³-hybridized carbons (Fsp3) is 0.500. The summed E-state index contributed by atoms with van der Waals surface area (Å²) in [5, 5.41) is 21.7. The van der Waals surface area contributed by atoms with E-state index in [-0.39, 0.29) is 19.5 Å². The van der Waals surface area contributed by atoms with Gasteiger partial charge in [0.15, 0.2) is 0 Å². The zero-order chi connectivity index (χ0) is 14.0. The van der Waals surface area contributed by atoms with Crippen LogP contribution in [0.15, 0.2) is 23.4 Å². The first-order valence-corrected chi connectivity index (χ1v) is 6.31. The van der Waals surface area contributed by atoms with Crippen molar-refractivity contribution in [3.8, 4) is 0 Å². The fourth-order valence-corrected chi connectivity index (χ4v) is 2.60. The summed E-state index contributed by atoms with van der Waals surface area (Å²) in [6.07, 6.45) is 5.41. The van der Waals surface area contributed by atoms with Gasteiger partial charge in [-0.3, -0.25) is 14.9 Å². The van der Waals surface area contributed by atoms with Crippen LogP contribution in [0.5, 0.6) is 0 Å². The number of nitrogens with one attached hydrogen (secondary N) is 1. The molecule has 3 N–H and O–H groups in total. The van der Waals surface area contributed by atoms with E-state index < -0.39 is 23.4 Å². The van der Waals surface area contributed by atoms with Gasteiger partial charge >= 0.3 is 11.9 Å². The minimum absolute atomic E-state index is 0.0576. The third-order valence-electron chi connectivity index (χ3n) is 3.50. The van der Waals surface area contributed by atoms with Crippen LogP contribution in [0.25, 0.3) is 0 Å². The Balaban J connectivity index is 2.14. The third-order valence-corrected chi connectivity index (χ3v) is 3.86. The van der Waals surface area contributed by atoms with Gasteiger partial charge in [0, 0.05) is 19.6 Å². The maximum Gasteiger partial charge on any atom is 0.325 e. The molecule has 104 valence electrons. The molecule has 0 bridgehead atoms. The molecule has 0 saturated carbocycles. The molecule has 0 aliphatic carbocycles. The van der Waals surface area contributed by atoms with E-state index in [1.807, 2.05) is 6.08 Å². The summed E-state index contributed by atoms with van der Waals surface area (Å²) in [7, 11) is 0. The van der Waals surface area contributed by atoms with E-state index >= 15 is 0 Å². The molecule has 2 aliphatic rings. The molecule has 0 spiro atoms. The Morgan fingerprint density at radius 2 is 2.26 bits per heavy atom. The van der Waals surface area contributed by atoms with Crippen molar-refractivity contribution in [2.75, 3.05) is 19.6 Å². The van der Waals surface area contributed by atoms with Crippen LogP contribution in [-0.4, -0.2) is 52.2 Å². The lowest BCUT2D eigenvalue weighted by Gasteiger charge is -2.33. The van der Waals surface area contributed by atoms with E-state index in [1.54, 1.807) is 17.1 Å².